The Bertz CT molecular complexity index is 619. The van der Waals surface area contributed by atoms with Crippen LogP contribution in [-0.2, 0) is 0 Å². The fourth-order valence-electron chi connectivity index (χ4n) is 2.15. The molecule has 5 heteroatoms. The van der Waals surface area contributed by atoms with Crippen molar-refractivity contribution in [2.45, 2.75) is 6.04 Å². The van der Waals surface area contributed by atoms with Crippen molar-refractivity contribution in [2.75, 3.05) is 14.2 Å². The number of rotatable bonds is 4. The van der Waals surface area contributed by atoms with Crippen molar-refractivity contribution in [3.63, 3.8) is 0 Å². The van der Waals surface area contributed by atoms with Crippen LogP contribution in [0.1, 0.15) is 17.2 Å². The molecule has 0 aliphatic rings. The molecule has 2 rings (SSSR count). The molecule has 106 valence electrons. The summed E-state index contributed by atoms with van der Waals surface area (Å²) >= 11 is 3.23. The third kappa shape index (κ3) is 2.83. The molecule has 0 aliphatic carbocycles. The molecule has 2 aromatic carbocycles. The number of halogens is 3. The van der Waals surface area contributed by atoms with Crippen LogP contribution in [0.25, 0.3) is 0 Å². The molecule has 0 aromatic heterocycles. The van der Waals surface area contributed by atoms with Crippen molar-refractivity contribution in [2.24, 2.45) is 0 Å². The number of benzene rings is 2. The highest BCUT2D eigenvalue weighted by Crippen LogP contribution is 2.34. The molecule has 2 aromatic rings. The highest BCUT2D eigenvalue weighted by atomic mass is 79.9. The third-order valence-corrected chi connectivity index (χ3v) is 3.92. The van der Waals surface area contributed by atoms with Crippen molar-refractivity contribution >= 4 is 15.9 Å². The van der Waals surface area contributed by atoms with Gasteiger partial charge >= 0.3 is 0 Å². The first kappa shape index (κ1) is 14.9. The van der Waals surface area contributed by atoms with Crippen molar-refractivity contribution in [3.8, 4) is 5.75 Å². The molecule has 0 saturated carbocycles. The molecule has 0 fully saturated rings. The molecule has 0 spiro atoms. The summed E-state index contributed by atoms with van der Waals surface area (Å²) in [4.78, 5) is 0. The summed E-state index contributed by atoms with van der Waals surface area (Å²) < 4.78 is 32.8. The van der Waals surface area contributed by atoms with Gasteiger partial charge < -0.3 is 10.1 Å². The van der Waals surface area contributed by atoms with E-state index in [1.54, 1.807) is 25.2 Å². The van der Waals surface area contributed by atoms with Gasteiger partial charge in [-0.05, 0) is 52.8 Å². The Morgan fingerprint density at radius 2 is 1.90 bits per heavy atom. The van der Waals surface area contributed by atoms with Gasteiger partial charge in [0.2, 0.25) is 0 Å². The molecular formula is C15H14BrF2NO. The van der Waals surface area contributed by atoms with Crippen LogP contribution in [0, 0.1) is 11.6 Å². The molecule has 0 radical (unpaired) electrons. The summed E-state index contributed by atoms with van der Waals surface area (Å²) in [6.07, 6.45) is 0. The molecule has 0 saturated heterocycles. The minimum atomic E-state index is -0.384. The largest absolute Gasteiger partial charge is 0.496 e. The monoisotopic (exact) mass is 341 g/mol. The molecule has 1 unspecified atom stereocenters. The average molecular weight is 342 g/mol. The van der Waals surface area contributed by atoms with E-state index < -0.39 is 0 Å². The first-order valence-corrected chi connectivity index (χ1v) is 6.82. The minimum Gasteiger partial charge on any atom is -0.496 e. The average Bonchev–Trinajstić information content (AvgIpc) is 2.44. The summed E-state index contributed by atoms with van der Waals surface area (Å²) in [6.45, 7) is 0. The van der Waals surface area contributed by atoms with Crippen LogP contribution >= 0.6 is 15.9 Å². The maximum atomic E-state index is 13.7. The van der Waals surface area contributed by atoms with Gasteiger partial charge in [-0.3, -0.25) is 0 Å². The fraction of sp³-hybridized carbons (Fsp3) is 0.200. The van der Waals surface area contributed by atoms with Crippen molar-refractivity contribution in [1.82, 2.24) is 5.32 Å². The number of hydrogen-bond acceptors (Lipinski definition) is 2. The first-order chi connectivity index (χ1) is 9.58. The maximum Gasteiger partial charge on any atom is 0.137 e. The van der Waals surface area contributed by atoms with E-state index in [9.17, 15) is 8.78 Å². The van der Waals surface area contributed by atoms with E-state index in [4.69, 9.17) is 4.74 Å². The number of methoxy groups -OCH3 is 1. The third-order valence-electron chi connectivity index (χ3n) is 3.08. The second-order valence-corrected chi connectivity index (χ2v) is 5.04. The Balaban J connectivity index is 2.58. The van der Waals surface area contributed by atoms with Crippen LogP contribution in [-0.4, -0.2) is 14.2 Å². The Kier molecular flexibility index (Phi) is 4.73. The lowest BCUT2D eigenvalue weighted by Crippen LogP contribution is -2.19. The lowest BCUT2D eigenvalue weighted by Gasteiger charge is -2.21. The summed E-state index contributed by atoms with van der Waals surface area (Å²) in [5.41, 5.74) is 1.29. The van der Waals surface area contributed by atoms with Gasteiger partial charge in [0, 0.05) is 5.56 Å². The second kappa shape index (κ2) is 6.33. The zero-order chi connectivity index (χ0) is 14.7. The lowest BCUT2D eigenvalue weighted by atomic mass is 9.97. The summed E-state index contributed by atoms with van der Waals surface area (Å²) in [6, 6.07) is 8.65. The predicted octanol–water partition coefficient (Wildman–Crippen LogP) is 4.04. The van der Waals surface area contributed by atoms with E-state index in [-0.39, 0.29) is 17.7 Å². The second-order valence-electron chi connectivity index (χ2n) is 4.25. The van der Waals surface area contributed by atoms with Gasteiger partial charge in [0.25, 0.3) is 0 Å². The first-order valence-electron chi connectivity index (χ1n) is 6.03. The van der Waals surface area contributed by atoms with E-state index in [0.29, 0.717) is 21.3 Å². The summed E-state index contributed by atoms with van der Waals surface area (Å²) in [7, 11) is 3.25. The molecular weight excluding hydrogens is 328 g/mol. The van der Waals surface area contributed by atoms with Crippen molar-refractivity contribution < 1.29 is 13.5 Å². The Labute approximate surface area is 124 Å². The minimum absolute atomic E-state index is 0.352. The van der Waals surface area contributed by atoms with Gasteiger partial charge in [0.15, 0.2) is 0 Å². The summed E-state index contributed by atoms with van der Waals surface area (Å²) in [5.74, 6) is -0.186. The van der Waals surface area contributed by atoms with E-state index in [1.165, 1.54) is 25.3 Å². The van der Waals surface area contributed by atoms with Crippen LogP contribution in [0.15, 0.2) is 40.9 Å². The number of nitrogens with one attached hydrogen (secondary N) is 1. The van der Waals surface area contributed by atoms with Crippen LogP contribution in [0.3, 0.4) is 0 Å². The van der Waals surface area contributed by atoms with Gasteiger partial charge in [-0.25, -0.2) is 8.78 Å². The van der Waals surface area contributed by atoms with Gasteiger partial charge in [0.05, 0.1) is 17.6 Å². The number of hydrogen-bond donors (Lipinski definition) is 1. The van der Waals surface area contributed by atoms with Crippen LogP contribution in [0.4, 0.5) is 8.78 Å². The molecule has 0 aliphatic heterocycles. The molecule has 20 heavy (non-hydrogen) atoms. The maximum absolute atomic E-state index is 13.7. The molecule has 1 N–H and O–H groups in total. The SMILES string of the molecule is CNC(c1cc(F)ccc1OC)c1cccc(F)c1Br. The van der Waals surface area contributed by atoms with Crippen LogP contribution < -0.4 is 10.1 Å². The quantitative estimate of drug-likeness (QED) is 0.905. The Morgan fingerprint density at radius 1 is 1.15 bits per heavy atom. The van der Waals surface area contributed by atoms with Crippen molar-refractivity contribution in [1.29, 1.82) is 0 Å². The van der Waals surface area contributed by atoms with Crippen molar-refractivity contribution in [3.05, 3.63) is 63.6 Å². The van der Waals surface area contributed by atoms with E-state index >= 15 is 0 Å². The normalized spacial score (nSPS) is 12.2. The smallest absolute Gasteiger partial charge is 0.137 e. The standard InChI is InChI=1S/C15H14BrF2NO/c1-19-15(10-4-3-5-12(18)14(10)16)11-8-9(17)6-7-13(11)20-2/h3-8,15,19H,1-2H3. The highest BCUT2D eigenvalue weighted by molar-refractivity contribution is 9.10. The van der Waals surface area contributed by atoms with Gasteiger partial charge in [-0.1, -0.05) is 12.1 Å². The van der Waals surface area contributed by atoms with E-state index in [2.05, 4.69) is 21.2 Å². The number of ether oxygens (including phenoxy) is 1. The lowest BCUT2D eigenvalue weighted by molar-refractivity contribution is 0.403. The Hall–Kier alpha value is -1.46. The van der Waals surface area contributed by atoms with E-state index in [1.807, 2.05) is 0 Å². The zero-order valence-corrected chi connectivity index (χ0v) is 12.7. The topological polar surface area (TPSA) is 21.3 Å². The zero-order valence-electron chi connectivity index (χ0n) is 11.1. The van der Waals surface area contributed by atoms with Gasteiger partial charge in [-0.15, -0.1) is 0 Å². The molecule has 0 amide bonds. The molecule has 1 atom stereocenters. The van der Waals surface area contributed by atoms with Crippen LogP contribution in [0.2, 0.25) is 0 Å². The Morgan fingerprint density at radius 3 is 2.55 bits per heavy atom. The molecule has 2 nitrogen and oxygen atoms in total. The van der Waals surface area contributed by atoms with Crippen LogP contribution in [0.5, 0.6) is 5.75 Å². The highest BCUT2D eigenvalue weighted by Gasteiger charge is 2.21. The molecule has 0 heterocycles. The van der Waals surface area contributed by atoms with Gasteiger partial charge in [-0.2, -0.15) is 0 Å². The fourth-order valence-corrected chi connectivity index (χ4v) is 2.65. The van der Waals surface area contributed by atoms with Gasteiger partial charge in [0.1, 0.15) is 17.4 Å². The summed E-state index contributed by atoms with van der Waals surface area (Å²) in [5, 5.41) is 3.06. The van der Waals surface area contributed by atoms with E-state index in [0.717, 1.165) is 0 Å². The molecule has 0 bridgehead atoms. The predicted molar refractivity (Wildman–Crippen MR) is 78.0 cm³/mol.